The summed E-state index contributed by atoms with van der Waals surface area (Å²) in [5.74, 6) is 0. The third-order valence-electron chi connectivity index (χ3n) is 1.77. The van der Waals surface area contributed by atoms with Gasteiger partial charge in [0.1, 0.15) is 5.60 Å². The van der Waals surface area contributed by atoms with Crippen LogP contribution in [0.25, 0.3) is 0 Å². The Kier molecular flexibility index (Phi) is 3.93. The van der Waals surface area contributed by atoms with E-state index in [0.717, 1.165) is 5.56 Å². The minimum atomic E-state index is -0.452. The summed E-state index contributed by atoms with van der Waals surface area (Å²) in [5, 5.41) is 6.79. The summed E-state index contributed by atoms with van der Waals surface area (Å²) in [5.41, 5.74) is 0.657. The average molecular weight is 225 g/mol. The number of aromatic nitrogens is 2. The maximum Gasteiger partial charge on any atom is 0.407 e. The van der Waals surface area contributed by atoms with Crippen LogP contribution in [0.1, 0.15) is 26.3 Å². The molecular formula is C11H19N3O2. The first kappa shape index (κ1) is 12.5. The van der Waals surface area contributed by atoms with Gasteiger partial charge in [-0.05, 0) is 33.3 Å². The molecular weight excluding hydrogens is 206 g/mol. The first-order chi connectivity index (χ1) is 7.37. The third kappa shape index (κ3) is 4.82. The second-order valence-electron chi connectivity index (χ2n) is 4.71. The van der Waals surface area contributed by atoms with Gasteiger partial charge < -0.3 is 10.1 Å². The molecule has 0 radical (unpaired) electrons. The maximum absolute atomic E-state index is 11.3. The Morgan fingerprint density at radius 2 is 2.25 bits per heavy atom. The van der Waals surface area contributed by atoms with E-state index in [2.05, 4.69) is 10.4 Å². The van der Waals surface area contributed by atoms with Crippen LogP contribution >= 0.6 is 0 Å². The molecule has 5 nitrogen and oxygen atoms in total. The number of nitrogens with zero attached hydrogens (tertiary/aromatic N) is 2. The number of carbonyl (C=O) groups excluding carboxylic acids is 1. The second-order valence-corrected chi connectivity index (χ2v) is 4.71. The molecule has 1 aromatic rings. The molecule has 16 heavy (non-hydrogen) atoms. The highest BCUT2D eigenvalue weighted by molar-refractivity contribution is 5.67. The average Bonchev–Trinajstić information content (AvgIpc) is 2.48. The lowest BCUT2D eigenvalue weighted by Gasteiger charge is -2.19. The quantitative estimate of drug-likeness (QED) is 0.852. The van der Waals surface area contributed by atoms with Crippen LogP contribution in [0.15, 0.2) is 12.4 Å². The van der Waals surface area contributed by atoms with Crippen molar-refractivity contribution >= 4 is 6.09 Å². The number of aryl methyl sites for hydroxylation is 1. The molecule has 90 valence electrons. The summed E-state index contributed by atoms with van der Waals surface area (Å²) in [6.45, 7) is 8.64. The summed E-state index contributed by atoms with van der Waals surface area (Å²) in [6.07, 6.45) is 3.32. The smallest absolute Gasteiger partial charge is 0.407 e. The van der Waals surface area contributed by atoms with Crippen LogP contribution in [0.2, 0.25) is 0 Å². The van der Waals surface area contributed by atoms with Crippen molar-refractivity contribution in [2.24, 2.45) is 0 Å². The summed E-state index contributed by atoms with van der Waals surface area (Å²) in [6, 6.07) is 0. The van der Waals surface area contributed by atoms with Crippen LogP contribution in [-0.4, -0.2) is 28.0 Å². The minimum Gasteiger partial charge on any atom is -0.444 e. The number of hydrogen-bond donors (Lipinski definition) is 1. The van der Waals surface area contributed by atoms with Crippen molar-refractivity contribution in [1.82, 2.24) is 15.1 Å². The van der Waals surface area contributed by atoms with Gasteiger partial charge in [-0.15, -0.1) is 0 Å². The molecule has 0 aliphatic rings. The van der Waals surface area contributed by atoms with Crippen LogP contribution in [0, 0.1) is 6.92 Å². The highest BCUT2D eigenvalue weighted by Crippen LogP contribution is 2.06. The van der Waals surface area contributed by atoms with Gasteiger partial charge in [0, 0.05) is 12.7 Å². The number of hydrogen-bond acceptors (Lipinski definition) is 3. The van der Waals surface area contributed by atoms with E-state index in [9.17, 15) is 4.79 Å². The molecule has 1 heterocycles. The van der Waals surface area contributed by atoms with Crippen molar-refractivity contribution in [1.29, 1.82) is 0 Å². The highest BCUT2D eigenvalue weighted by Gasteiger charge is 2.15. The van der Waals surface area contributed by atoms with Gasteiger partial charge >= 0.3 is 6.09 Å². The van der Waals surface area contributed by atoms with Gasteiger partial charge in [-0.2, -0.15) is 5.10 Å². The van der Waals surface area contributed by atoms with Crippen molar-refractivity contribution in [2.75, 3.05) is 6.54 Å². The number of nitrogens with one attached hydrogen (secondary N) is 1. The summed E-state index contributed by atoms with van der Waals surface area (Å²) < 4.78 is 6.89. The predicted octanol–water partition coefficient (Wildman–Crippen LogP) is 1.72. The van der Waals surface area contributed by atoms with Crippen molar-refractivity contribution in [3.8, 4) is 0 Å². The van der Waals surface area contributed by atoms with Gasteiger partial charge in [0.25, 0.3) is 0 Å². The lowest BCUT2D eigenvalue weighted by atomic mass is 10.2. The molecule has 1 N–H and O–H groups in total. The number of ether oxygens (including phenoxy) is 1. The molecule has 0 spiro atoms. The maximum atomic E-state index is 11.3. The van der Waals surface area contributed by atoms with Crippen LogP contribution in [-0.2, 0) is 11.3 Å². The minimum absolute atomic E-state index is 0.392. The van der Waals surface area contributed by atoms with Gasteiger partial charge in [-0.3, -0.25) is 4.68 Å². The SMILES string of the molecule is Cc1cnn(CCNC(=O)OC(C)(C)C)c1. The molecule has 0 aliphatic carbocycles. The van der Waals surface area contributed by atoms with Crippen LogP contribution in [0.3, 0.4) is 0 Å². The standard InChI is InChI=1S/C11H19N3O2/c1-9-7-13-14(8-9)6-5-12-10(15)16-11(2,3)4/h7-8H,5-6H2,1-4H3,(H,12,15). The molecule has 0 saturated carbocycles. The Morgan fingerprint density at radius 3 is 2.75 bits per heavy atom. The highest BCUT2D eigenvalue weighted by atomic mass is 16.6. The fourth-order valence-electron chi connectivity index (χ4n) is 1.18. The van der Waals surface area contributed by atoms with Crippen LogP contribution in [0.5, 0.6) is 0 Å². The van der Waals surface area contributed by atoms with Gasteiger partial charge in [0.15, 0.2) is 0 Å². The van der Waals surface area contributed by atoms with E-state index >= 15 is 0 Å². The van der Waals surface area contributed by atoms with E-state index in [1.165, 1.54) is 0 Å². The third-order valence-corrected chi connectivity index (χ3v) is 1.77. The molecule has 0 unspecified atom stereocenters. The molecule has 0 aromatic carbocycles. The molecule has 0 aliphatic heterocycles. The van der Waals surface area contributed by atoms with E-state index in [1.807, 2.05) is 33.9 Å². The van der Waals surface area contributed by atoms with E-state index in [4.69, 9.17) is 4.74 Å². The monoisotopic (exact) mass is 225 g/mol. The van der Waals surface area contributed by atoms with Crippen molar-refractivity contribution < 1.29 is 9.53 Å². The molecule has 0 bridgehead atoms. The summed E-state index contributed by atoms with van der Waals surface area (Å²) in [7, 11) is 0. The number of carbonyl (C=O) groups is 1. The molecule has 5 heteroatoms. The molecule has 0 saturated heterocycles. The predicted molar refractivity (Wildman–Crippen MR) is 61.2 cm³/mol. The van der Waals surface area contributed by atoms with E-state index in [1.54, 1.807) is 10.9 Å². The first-order valence-corrected chi connectivity index (χ1v) is 5.33. The normalized spacial score (nSPS) is 11.2. The molecule has 1 aromatic heterocycles. The topological polar surface area (TPSA) is 56.2 Å². The molecule has 0 atom stereocenters. The fourth-order valence-corrected chi connectivity index (χ4v) is 1.18. The molecule has 0 fully saturated rings. The Bertz CT molecular complexity index is 352. The van der Waals surface area contributed by atoms with Crippen molar-refractivity contribution in [3.05, 3.63) is 18.0 Å². The van der Waals surface area contributed by atoms with Crippen LogP contribution in [0.4, 0.5) is 4.79 Å². The zero-order chi connectivity index (χ0) is 12.2. The number of rotatable bonds is 3. The second kappa shape index (κ2) is 5.01. The van der Waals surface area contributed by atoms with E-state index in [-0.39, 0.29) is 0 Å². The summed E-state index contributed by atoms with van der Waals surface area (Å²) in [4.78, 5) is 11.3. The van der Waals surface area contributed by atoms with Gasteiger partial charge in [-0.1, -0.05) is 0 Å². The van der Waals surface area contributed by atoms with Gasteiger partial charge in [0.05, 0.1) is 12.7 Å². The lowest BCUT2D eigenvalue weighted by Crippen LogP contribution is -2.34. The van der Waals surface area contributed by atoms with Gasteiger partial charge in [-0.25, -0.2) is 4.79 Å². The van der Waals surface area contributed by atoms with E-state index < -0.39 is 11.7 Å². The zero-order valence-electron chi connectivity index (χ0n) is 10.3. The Hall–Kier alpha value is -1.52. The van der Waals surface area contributed by atoms with Crippen molar-refractivity contribution in [2.45, 2.75) is 39.8 Å². The Balaban J connectivity index is 2.23. The first-order valence-electron chi connectivity index (χ1n) is 5.33. The van der Waals surface area contributed by atoms with Gasteiger partial charge in [0.2, 0.25) is 0 Å². The number of amides is 1. The number of alkyl carbamates (subject to hydrolysis) is 1. The largest absolute Gasteiger partial charge is 0.444 e. The zero-order valence-corrected chi connectivity index (χ0v) is 10.3. The van der Waals surface area contributed by atoms with E-state index in [0.29, 0.717) is 13.1 Å². The molecule has 1 rings (SSSR count). The fraction of sp³-hybridized carbons (Fsp3) is 0.636. The summed E-state index contributed by atoms with van der Waals surface area (Å²) >= 11 is 0. The Morgan fingerprint density at radius 1 is 1.56 bits per heavy atom. The lowest BCUT2D eigenvalue weighted by molar-refractivity contribution is 0.0525. The van der Waals surface area contributed by atoms with Crippen molar-refractivity contribution in [3.63, 3.8) is 0 Å². The Labute approximate surface area is 95.8 Å². The van der Waals surface area contributed by atoms with Crippen LogP contribution < -0.4 is 5.32 Å². The molecule has 1 amide bonds.